The molecule has 0 spiro atoms. The maximum atomic E-state index is 12.4. The highest BCUT2D eigenvalue weighted by molar-refractivity contribution is 6.03. The zero-order valence-electron chi connectivity index (χ0n) is 14.0. The molecule has 0 unspecified atom stereocenters. The fourth-order valence-corrected chi connectivity index (χ4v) is 2.20. The van der Waals surface area contributed by atoms with Crippen LogP contribution in [-0.2, 0) is 0 Å². The lowest BCUT2D eigenvalue weighted by Gasteiger charge is -2.09. The van der Waals surface area contributed by atoms with Gasteiger partial charge in [0, 0.05) is 17.9 Å². The second-order valence-electron chi connectivity index (χ2n) is 5.50. The van der Waals surface area contributed by atoms with Crippen molar-refractivity contribution in [3.05, 3.63) is 47.3 Å². The zero-order chi connectivity index (χ0) is 17.4. The predicted molar refractivity (Wildman–Crippen MR) is 93.9 cm³/mol. The molecule has 1 amide bonds. The van der Waals surface area contributed by atoms with E-state index in [1.807, 2.05) is 13.0 Å². The number of anilines is 2. The van der Waals surface area contributed by atoms with Crippen LogP contribution in [0.4, 0.5) is 11.6 Å². The van der Waals surface area contributed by atoms with E-state index in [2.05, 4.69) is 27.5 Å². The summed E-state index contributed by atoms with van der Waals surface area (Å²) in [5, 5.41) is 14.8. The smallest absolute Gasteiger partial charge is 0.274 e. The average Bonchev–Trinajstić information content (AvgIpc) is 2.58. The van der Waals surface area contributed by atoms with E-state index in [4.69, 9.17) is 5.26 Å². The maximum Gasteiger partial charge on any atom is 0.274 e. The first kappa shape index (κ1) is 17.4. The minimum atomic E-state index is -0.327. The van der Waals surface area contributed by atoms with Crippen LogP contribution >= 0.6 is 0 Å². The number of carbonyl (C=O) groups is 1. The van der Waals surface area contributed by atoms with Crippen molar-refractivity contribution in [1.29, 1.82) is 5.26 Å². The minimum Gasteiger partial charge on any atom is -0.354 e. The normalized spacial score (nSPS) is 10.0. The first-order chi connectivity index (χ1) is 11.6. The molecule has 0 bridgehead atoms. The van der Waals surface area contributed by atoms with Gasteiger partial charge in [0.2, 0.25) is 5.95 Å². The fourth-order valence-electron chi connectivity index (χ4n) is 2.20. The number of aryl methyl sites for hydroxylation is 1. The van der Waals surface area contributed by atoms with E-state index in [9.17, 15) is 4.79 Å². The molecule has 2 rings (SSSR count). The Morgan fingerprint density at radius 2 is 2.08 bits per heavy atom. The Hall–Kier alpha value is -2.94. The highest BCUT2D eigenvalue weighted by Crippen LogP contribution is 2.12. The van der Waals surface area contributed by atoms with Gasteiger partial charge in [-0.1, -0.05) is 25.8 Å². The van der Waals surface area contributed by atoms with Gasteiger partial charge in [0.05, 0.1) is 11.6 Å². The Bertz CT molecular complexity index is 751. The second-order valence-corrected chi connectivity index (χ2v) is 5.50. The number of amides is 1. The third kappa shape index (κ3) is 5.06. The summed E-state index contributed by atoms with van der Waals surface area (Å²) in [4.78, 5) is 21.0. The summed E-state index contributed by atoms with van der Waals surface area (Å²) >= 11 is 0. The van der Waals surface area contributed by atoms with Crippen molar-refractivity contribution < 1.29 is 4.79 Å². The standard InChI is InChI=1S/C18H21N5O/c1-3-4-5-9-20-18-21-13(2)10-16(23-18)17(24)22-15-8-6-7-14(11-15)12-19/h6-8,10-11H,3-5,9H2,1-2H3,(H,22,24)(H,20,21,23). The molecule has 0 aliphatic rings. The topological polar surface area (TPSA) is 90.7 Å². The van der Waals surface area contributed by atoms with Crippen LogP contribution in [0.15, 0.2) is 30.3 Å². The third-order valence-electron chi connectivity index (χ3n) is 3.40. The Balaban J connectivity index is 2.08. The van der Waals surface area contributed by atoms with Crippen molar-refractivity contribution in [2.45, 2.75) is 33.1 Å². The average molecular weight is 323 g/mol. The van der Waals surface area contributed by atoms with Crippen LogP contribution in [0.2, 0.25) is 0 Å². The number of aromatic nitrogens is 2. The van der Waals surface area contributed by atoms with Crippen molar-refractivity contribution in [3.8, 4) is 6.07 Å². The molecular formula is C18H21N5O. The van der Waals surface area contributed by atoms with Crippen molar-refractivity contribution in [2.75, 3.05) is 17.2 Å². The molecule has 2 N–H and O–H groups in total. The molecule has 0 aliphatic carbocycles. The van der Waals surface area contributed by atoms with Crippen molar-refractivity contribution in [1.82, 2.24) is 9.97 Å². The molecule has 0 aliphatic heterocycles. The van der Waals surface area contributed by atoms with E-state index in [0.29, 0.717) is 22.9 Å². The van der Waals surface area contributed by atoms with Crippen LogP contribution in [0, 0.1) is 18.3 Å². The Morgan fingerprint density at radius 1 is 1.25 bits per heavy atom. The van der Waals surface area contributed by atoms with E-state index < -0.39 is 0 Å². The van der Waals surface area contributed by atoms with Crippen LogP contribution in [0.5, 0.6) is 0 Å². The third-order valence-corrected chi connectivity index (χ3v) is 3.40. The van der Waals surface area contributed by atoms with Crippen molar-refractivity contribution >= 4 is 17.5 Å². The molecule has 0 saturated carbocycles. The molecular weight excluding hydrogens is 302 g/mol. The minimum absolute atomic E-state index is 0.294. The van der Waals surface area contributed by atoms with Gasteiger partial charge in [-0.25, -0.2) is 9.97 Å². The van der Waals surface area contributed by atoms with E-state index in [1.165, 1.54) is 0 Å². The van der Waals surface area contributed by atoms with Crippen LogP contribution < -0.4 is 10.6 Å². The summed E-state index contributed by atoms with van der Waals surface area (Å²) in [5.41, 5.74) is 2.07. The number of benzene rings is 1. The fraction of sp³-hybridized carbons (Fsp3) is 0.333. The summed E-state index contributed by atoms with van der Waals surface area (Å²) < 4.78 is 0. The highest BCUT2D eigenvalue weighted by atomic mass is 16.1. The number of hydrogen-bond acceptors (Lipinski definition) is 5. The van der Waals surface area contributed by atoms with Crippen LogP contribution in [0.1, 0.15) is 47.9 Å². The van der Waals surface area contributed by atoms with Gasteiger partial charge in [-0.3, -0.25) is 4.79 Å². The number of nitrogens with one attached hydrogen (secondary N) is 2. The molecule has 1 heterocycles. The Kier molecular flexibility index (Phi) is 6.26. The number of carbonyl (C=O) groups excluding carboxylic acids is 1. The van der Waals surface area contributed by atoms with E-state index >= 15 is 0 Å². The van der Waals surface area contributed by atoms with Gasteiger partial charge >= 0.3 is 0 Å². The molecule has 1 aromatic carbocycles. The Labute approximate surface area is 142 Å². The van der Waals surface area contributed by atoms with Gasteiger partial charge in [-0.05, 0) is 37.6 Å². The molecule has 0 radical (unpaired) electrons. The molecule has 24 heavy (non-hydrogen) atoms. The van der Waals surface area contributed by atoms with Gasteiger partial charge in [-0.15, -0.1) is 0 Å². The lowest BCUT2D eigenvalue weighted by Crippen LogP contribution is -2.16. The van der Waals surface area contributed by atoms with Crippen LogP contribution in [-0.4, -0.2) is 22.4 Å². The molecule has 6 nitrogen and oxygen atoms in total. The summed E-state index contributed by atoms with van der Waals surface area (Å²) in [6.45, 7) is 4.75. The molecule has 0 atom stereocenters. The largest absolute Gasteiger partial charge is 0.354 e. The monoisotopic (exact) mass is 323 g/mol. The van der Waals surface area contributed by atoms with E-state index in [1.54, 1.807) is 30.3 Å². The van der Waals surface area contributed by atoms with Gasteiger partial charge < -0.3 is 10.6 Å². The summed E-state index contributed by atoms with van der Waals surface area (Å²) in [6.07, 6.45) is 3.32. The quantitative estimate of drug-likeness (QED) is 0.761. The van der Waals surface area contributed by atoms with Gasteiger partial charge in [0.1, 0.15) is 5.69 Å². The molecule has 1 aromatic heterocycles. The molecule has 6 heteroatoms. The number of hydrogen-bond donors (Lipinski definition) is 2. The van der Waals surface area contributed by atoms with Crippen molar-refractivity contribution in [3.63, 3.8) is 0 Å². The van der Waals surface area contributed by atoms with E-state index in [-0.39, 0.29) is 5.91 Å². The predicted octanol–water partition coefficient (Wildman–Crippen LogP) is 3.51. The van der Waals surface area contributed by atoms with Gasteiger partial charge in [-0.2, -0.15) is 5.26 Å². The highest BCUT2D eigenvalue weighted by Gasteiger charge is 2.11. The first-order valence-electron chi connectivity index (χ1n) is 8.03. The summed E-state index contributed by atoms with van der Waals surface area (Å²) in [7, 11) is 0. The summed E-state index contributed by atoms with van der Waals surface area (Å²) in [5.74, 6) is 0.134. The van der Waals surface area contributed by atoms with Crippen molar-refractivity contribution in [2.24, 2.45) is 0 Å². The zero-order valence-corrected chi connectivity index (χ0v) is 14.0. The number of unbranched alkanes of at least 4 members (excludes halogenated alkanes) is 2. The SMILES string of the molecule is CCCCCNc1nc(C)cc(C(=O)Nc2cccc(C#N)c2)n1. The molecule has 124 valence electrons. The molecule has 2 aromatic rings. The lowest BCUT2D eigenvalue weighted by atomic mass is 10.2. The van der Waals surface area contributed by atoms with Crippen LogP contribution in [0.25, 0.3) is 0 Å². The molecule has 0 saturated heterocycles. The number of rotatable bonds is 7. The first-order valence-corrected chi connectivity index (χ1v) is 8.03. The lowest BCUT2D eigenvalue weighted by molar-refractivity contribution is 0.102. The second kappa shape index (κ2) is 8.63. The van der Waals surface area contributed by atoms with Crippen LogP contribution in [0.3, 0.4) is 0 Å². The Morgan fingerprint density at radius 3 is 2.83 bits per heavy atom. The van der Waals surface area contributed by atoms with Gasteiger partial charge in [0.25, 0.3) is 5.91 Å². The number of nitriles is 1. The van der Waals surface area contributed by atoms with E-state index in [0.717, 1.165) is 31.5 Å². The van der Waals surface area contributed by atoms with Gasteiger partial charge in [0.15, 0.2) is 0 Å². The molecule has 0 fully saturated rings. The summed E-state index contributed by atoms with van der Waals surface area (Å²) in [6, 6.07) is 10.4. The maximum absolute atomic E-state index is 12.4. The number of nitrogens with zero attached hydrogens (tertiary/aromatic N) is 3.